The Morgan fingerprint density at radius 2 is 1.95 bits per heavy atom. The summed E-state index contributed by atoms with van der Waals surface area (Å²) < 4.78 is 2.41. The van der Waals surface area contributed by atoms with Gasteiger partial charge in [-0.3, -0.25) is 0 Å². The van der Waals surface area contributed by atoms with E-state index >= 15 is 0 Å². The fourth-order valence-electron chi connectivity index (χ4n) is 3.08. The van der Waals surface area contributed by atoms with E-state index in [1.165, 1.54) is 88.7 Å². The highest BCUT2D eigenvalue weighted by atomic mass is 15.1. The predicted molar refractivity (Wildman–Crippen MR) is 78.4 cm³/mol. The molecule has 1 N–H and O–H groups in total. The molecule has 0 amide bonds. The molecule has 0 bridgehead atoms. The van der Waals surface area contributed by atoms with Gasteiger partial charge in [0.2, 0.25) is 0 Å². The van der Waals surface area contributed by atoms with Crippen molar-refractivity contribution in [2.45, 2.75) is 76.8 Å². The zero-order valence-electron chi connectivity index (χ0n) is 12.0. The minimum atomic E-state index is 0.873. The lowest BCUT2D eigenvalue weighted by Crippen LogP contribution is -2.17. The van der Waals surface area contributed by atoms with Crippen LogP contribution in [0.1, 0.15) is 62.8 Å². The Balaban J connectivity index is 1.30. The molecule has 0 aliphatic heterocycles. The smallest absolute Gasteiger partial charge is 0.0951 e. The monoisotopic (exact) mass is 261 g/mol. The lowest BCUT2D eigenvalue weighted by molar-refractivity contribution is 0.533. The maximum Gasteiger partial charge on any atom is 0.0951 e. The van der Waals surface area contributed by atoms with Crippen molar-refractivity contribution >= 4 is 0 Å². The van der Waals surface area contributed by atoms with Gasteiger partial charge < -0.3 is 9.88 Å². The second-order valence-corrected chi connectivity index (χ2v) is 6.18. The fourth-order valence-corrected chi connectivity index (χ4v) is 3.08. The Kier molecular flexibility index (Phi) is 4.54. The van der Waals surface area contributed by atoms with E-state index in [9.17, 15) is 0 Å². The van der Waals surface area contributed by atoms with Gasteiger partial charge in [0.1, 0.15) is 0 Å². The largest absolute Gasteiger partial charge is 0.334 e. The molecule has 0 unspecified atom stereocenters. The van der Waals surface area contributed by atoms with E-state index in [1.807, 2.05) is 0 Å². The molecule has 0 radical (unpaired) electrons. The summed E-state index contributed by atoms with van der Waals surface area (Å²) in [5, 5.41) is 3.59. The Morgan fingerprint density at radius 1 is 1.11 bits per heavy atom. The molecule has 0 spiro atoms. The number of aryl methyl sites for hydroxylation is 2. The summed E-state index contributed by atoms with van der Waals surface area (Å²) in [5.74, 6) is 0. The average molecular weight is 261 g/mol. The van der Waals surface area contributed by atoms with E-state index in [0.717, 1.165) is 6.04 Å². The second-order valence-electron chi connectivity index (χ2n) is 6.18. The number of unbranched alkanes of at least 4 members (excludes halogenated alkanes) is 3. The molecule has 1 aromatic rings. The van der Waals surface area contributed by atoms with Crippen molar-refractivity contribution in [1.82, 2.24) is 14.9 Å². The van der Waals surface area contributed by atoms with Gasteiger partial charge in [0.25, 0.3) is 0 Å². The van der Waals surface area contributed by atoms with Gasteiger partial charge in [-0.05, 0) is 57.9 Å². The Morgan fingerprint density at radius 3 is 2.84 bits per heavy atom. The second kappa shape index (κ2) is 6.56. The molecule has 1 saturated carbocycles. The SMILES string of the molecule is c1nc2c(n1CCCCCCNC1CC1)CCCC2. The minimum absolute atomic E-state index is 0.873. The number of imidazole rings is 1. The van der Waals surface area contributed by atoms with Crippen LogP contribution in [0.2, 0.25) is 0 Å². The standard InChI is InChI=1S/C16H27N3/c1(5-11-17-14-9-10-14)2-6-12-19-13-18-15-7-3-4-8-16(15)19/h13-14,17H,1-12H2. The van der Waals surface area contributed by atoms with Crippen LogP contribution in [0.15, 0.2) is 6.33 Å². The van der Waals surface area contributed by atoms with Gasteiger partial charge in [-0.25, -0.2) is 4.98 Å². The first-order valence-electron chi connectivity index (χ1n) is 8.20. The lowest BCUT2D eigenvalue weighted by atomic mass is 10.0. The highest BCUT2D eigenvalue weighted by Crippen LogP contribution is 2.20. The molecule has 3 heteroatoms. The fraction of sp³-hybridized carbons (Fsp3) is 0.812. The van der Waals surface area contributed by atoms with Crippen LogP contribution in [0.25, 0.3) is 0 Å². The third-order valence-electron chi connectivity index (χ3n) is 4.45. The summed E-state index contributed by atoms with van der Waals surface area (Å²) in [7, 11) is 0. The Hall–Kier alpha value is -0.830. The number of nitrogens with zero attached hydrogens (tertiary/aromatic N) is 2. The summed E-state index contributed by atoms with van der Waals surface area (Å²) in [6, 6.07) is 0.873. The third kappa shape index (κ3) is 3.82. The molecule has 1 heterocycles. The van der Waals surface area contributed by atoms with Crippen molar-refractivity contribution in [2.75, 3.05) is 6.54 Å². The van der Waals surface area contributed by atoms with Crippen molar-refractivity contribution in [1.29, 1.82) is 0 Å². The summed E-state index contributed by atoms with van der Waals surface area (Å²) in [6.07, 6.45) is 15.4. The predicted octanol–water partition coefficient (Wildman–Crippen LogP) is 3.07. The van der Waals surface area contributed by atoms with Gasteiger partial charge in [-0.15, -0.1) is 0 Å². The molecule has 3 nitrogen and oxygen atoms in total. The molecule has 1 fully saturated rings. The summed E-state index contributed by atoms with van der Waals surface area (Å²) in [4.78, 5) is 4.56. The first-order valence-corrected chi connectivity index (χ1v) is 8.20. The molecule has 2 aliphatic rings. The molecular weight excluding hydrogens is 234 g/mol. The van der Waals surface area contributed by atoms with Gasteiger partial charge >= 0.3 is 0 Å². The lowest BCUT2D eigenvalue weighted by Gasteiger charge is -2.13. The first kappa shape index (κ1) is 13.2. The number of nitrogens with one attached hydrogen (secondary N) is 1. The van der Waals surface area contributed by atoms with E-state index in [2.05, 4.69) is 21.2 Å². The third-order valence-corrected chi connectivity index (χ3v) is 4.45. The molecule has 0 aromatic carbocycles. The van der Waals surface area contributed by atoms with Gasteiger partial charge in [0.05, 0.1) is 12.0 Å². The van der Waals surface area contributed by atoms with Gasteiger partial charge in [0.15, 0.2) is 0 Å². The molecule has 0 saturated heterocycles. The first-order chi connectivity index (χ1) is 9.43. The molecule has 19 heavy (non-hydrogen) atoms. The summed E-state index contributed by atoms with van der Waals surface area (Å²) in [5.41, 5.74) is 2.90. The average Bonchev–Trinajstić information content (AvgIpc) is 3.18. The van der Waals surface area contributed by atoms with Crippen LogP contribution in [0.5, 0.6) is 0 Å². The molecular formula is C16H27N3. The van der Waals surface area contributed by atoms with Crippen LogP contribution in [0.3, 0.4) is 0 Å². The van der Waals surface area contributed by atoms with Crippen LogP contribution in [0, 0.1) is 0 Å². The Labute approximate surface area is 116 Å². The van der Waals surface area contributed by atoms with Crippen molar-refractivity contribution in [2.24, 2.45) is 0 Å². The number of rotatable bonds is 8. The number of hydrogen-bond acceptors (Lipinski definition) is 2. The topological polar surface area (TPSA) is 29.9 Å². The summed E-state index contributed by atoms with van der Waals surface area (Å²) in [6.45, 7) is 2.41. The van der Waals surface area contributed by atoms with Crippen LogP contribution in [-0.4, -0.2) is 22.1 Å². The van der Waals surface area contributed by atoms with Crippen LogP contribution in [-0.2, 0) is 19.4 Å². The maximum absolute atomic E-state index is 4.56. The van der Waals surface area contributed by atoms with Crippen molar-refractivity contribution in [3.05, 3.63) is 17.7 Å². The number of aromatic nitrogens is 2. The van der Waals surface area contributed by atoms with Crippen molar-refractivity contribution in [3.63, 3.8) is 0 Å². The van der Waals surface area contributed by atoms with Gasteiger partial charge in [0, 0.05) is 18.3 Å². The van der Waals surface area contributed by atoms with Gasteiger partial charge in [-0.1, -0.05) is 12.8 Å². The van der Waals surface area contributed by atoms with E-state index in [4.69, 9.17) is 0 Å². The van der Waals surface area contributed by atoms with E-state index in [0.29, 0.717) is 0 Å². The highest BCUT2D eigenvalue weighted by molar-refractivity contribution is 5.16. The quantitative estimate of drug-likeness (QED) is 0.729. The molecule has 2 aliphatic carbocycles. The van der Waals surface area contributed by atoms with Gasteiger partial charge in [-0.2, -0.15) is 0 Å². The van der Waals surface area contributed by atoms with Crippen LogP contribution < -0.4 is 5.32 Å². The minimum Gasteiger partial charge on any atom is -0.334 e. The molecule has 1 aromatic heterocycles. The van der Waals surface area contributed by atoms with Crippen molar-refractivity contribution in [3.8, 4) is 0 Å². The zero-order chi connectivity index (χ0) is 12.9. The number of hydrogen-bond donors (Lipinski definition) is 1. The molecule has 0 atom stereocenters. The van der Waals surface area contributed by atoms with E-state index in [1.54, 1.807) is 0 Å². The van der Waals surface area contributed by atoms with Crippen LogP contribution >= 0.6 is 0 Å². The Bertz CT molecular complexity index is 393. The van der Waals surface area contributed by atoms with E-state index in [-0.39, 0.29) is 0 Å². The van der Waals surface area contributed by atoms with E-state index < -0.39 is 0 Å². The van der Waals surface area contributed by atoms with Crippen molar-refractivity contribution < 1.29 is 0 Å². The molecule has 3 rings (SSSR count). The maximum atomic E-state index is 4.56. The van der Waals surface area contributed by atoms with Crippen LogP contribution in [0.4, 0.5) is 0 Å². The number of fused-ring (bicyclic) bond motifs is 1. The summed E-state index contributed by atoms with van der Waals surface area (Å²) >= 11 is 0. The normalized spacial score (nSPS) is 18.5. The zero-order valence-corrected chi connectivity index (χ0v) is 12.0. The molecule has 106 valence electrons. The highest BCUT2D eigenvalue weighted by Gasteiger charge is 2.19.